The number of unbranched alkanes of at least 4 members (excludes halogenated alkanes) is 49. The molecule has 0 saturated heterocycles. The average Bonchev–Trinajstić information content (AvgIpc) is 3.45. The number of amides is 1. The standard InChI is InChI=1S/C75H139NO3/c1-3-5-7-9-11-13-15-17-19-21-23-25-27-29-31-33-34-35-36-37-38-39-40-41-42-43-45-47-49-51-53-55-57-59-61-63-65-67-69-71-75(79)76-73(72-77)74(78)70-68-66-64-62-60-58-56-54-52-50-48-46-44-32-30-28-26-24-22-20-18-16-14-12-10-8-6-4-2/h5,7,11,13,17,19,23,25,29,31,68,70,73-74,77-78H,3-4,6,8-10,12,14-16,18,20-22,24,26-28,30,32-67,69,71-72H2,1-2H3,(H,76,79)/b7-5-,13-11-,19-17-,25-23-,31-29-,70-68+. The number of aliphatic hydroxyl groups excluding tert-OH is 2. The summed E-state index contributed by atoms with van der Waals surface area (Å²) >= 11 is 0. The Morgan fingerprint density at radius 1 is 0.316 bits per heavy atom. The molecule has 0 rings (SSSR count). The molecule has 79 heavy (non-hydrogen) atoms. The van der Waals surface area contributed by atoms with Crippen LogP contribution in [0.4, 0.5) is 0 Å². The highest BCUT2D eigenvalue weighted by atomic mass is 16.3. The van der Waals surface area contributed by atoms with Crippen LogP contribution in [0.25, 0.3) is 0 Å². The summed E-state index contributed by atoms with van der Waals surface area (Å²) in [7, 11) is 0. The summed E-state index contributed by atoms with van der Waals surface area (Å²) in [6, 6.07) is -0.624. The average molecular weight is 1100 g/mol. The number of rotatable bonds is 66. The van der Waals surface area contributed by atoms with Crippen molar-refractivity contribution in [3.05, 3.63) is 72.9 Å². The summed E-state index contributed by atoms with van der Waals surface area (Å²) in [6.07, 6.45) is 101. The third-order valence-corrected chi connectivity index (χ3v) is 16.4. The molecule has 4 nitrogen and oxygen atoms in total. The van der Waals surface area contributed by atoms with Gasteiger partial charge >= 0.3 is 0 Å². The molecule has 0 aromatic heterocycles. The van der Waals surface area contributed by atoms with Crippen LogP contribution in [0.3, 0.4) is 0 Å². The fourth-order valence-electron chi connectivity index (χ4n) is 11.1. The molecule has 0 heterocycles. The molecule has 3 N–H and O–H groups in total. The van der Waals surface area contributed by atoms with Gasteiger partial charge in [-0.05, 0) is 64.2 Å². The van der Waals surface area contributed by atoms with Crippen LogP contribution < -0.4 is 5.32 Å². The number of hydrogen-bond donors (Lipinski definition) is 3. The van der Waals surface area contributed by atoms with E-state index in [2.05, 4.69) is 79.9 Å². The smallest absolute Gasteiger partial charge is 0.220 e. The molecule has 1 amide bonds. The molecular formula is C75H139NO3. The maximum Gasteiger partial charge on any atom is 0.220 e. The molecule has 4 heteroatoms. The van der Waals surface area contributed by atoms with E-state index in [1.807, 2.05) is 6.08 Å². The van der Waals surface area contributed by atoms with Crippen LogP contribution in [0.1, 0.15) is 380 Å². The van der Waals surface area contributed by atoms with Gasteiger partial charge in [0.2, 0.25) is 5.91 Å². The molecule has 0 aliphatic carbocycles. The van der Waals surface area contributed by atoms with Crippen LogP contribution in [0.2, 0.25) is 0 Å². The van der Waals surface area contributed by atoms with Gasteiger partial charge in [0, 0.05) is 6.42 Å². The molecule has 0 aliphatic heterocycles. The van der Waals surface area contributed by atoms with Crippen LogP contribution in [0.15, 0.2) is 72.9 Å². The van der Waals surface area contributed by atoms with Crippen LogP contribution in [0.5, 0.6) is 0 Å². The molecule has 0 radical (unpaired) electrons. The van der Waals surface area contributed by atoms with Crippen molar-refractivity contribution < 1.29 is 15.0 Å². The summed E-state index contributed by atoms with van der Waals surface area (Å²) in [4.78, 5) is 12.5. The highest BCUT2D eigenvalue weighted by Crippen LogP contribution is 2.19. The second-order valence-corrected chi connectivity index (χ2v) is 24.3. The normalized spacial score (nSPS) is 13.1. The van der Waals surface area contributed by atoms with Gasteiger partial charge in [-0.25, -0.2) is 0 Å². The first-order chi connectivity index (χ1) is 39.2. The van der Waals surface area contributed by atoms with Gasteiger partial charge in [-0.2, -0.15) is 0 Å². The first-order valence-corrected chi connectivity index (χ1v) is 35.7. The van der Waals surface area contributed by atoms with Crippen LogP contribution in [0, 0.1) is 0 Å². The summed E-state index contributed by atoms with van der Waals surface area (Å²) in [5.41, 5.74) is 0. The van der Waals surface area contributed by atoms with Crippen molar-refractivity contribution in [2.75, 3.05) is 6.61 Å². The highest BCUT2D eigenvalue weighted by molar-refractivity contribution is 5.76. The third-order valence-electron chi connectivity index (χ3n) is 16.4. The highest BCUT2D eigenvalue weighted by Gasteiger charge is 2.18. The van der Waals surface area contributed by atoms with E-state index in [0.717, 1.165) is 57.8 Å². The van der Waals surface area contributed by atoms with Gasteiger partial charge < -0.3 is 15.5 Å². The fourth-order valence-corrected chi connectivity index (χ4v) is 11.1. The fraction of sp³-hybridized carbons (Fsp3) is 0.827. The summed E-state index contributed by atoms with van der Waals surface area (Å²) in [5.74, 6) is -0.0570. The first kappa shape index (κ1) is 76.8. The topological polar surface area (TPSA) is 69.6 Å². The van der Waals surface area contributed by atoms with E-state index in [-0.39, 0.29) is 12.5 Å². The number of carbonyl (C=O) groups is 1. The minimum Gasteiger partial charge on any atom is -0.394 e. The van der Waals surface area contributed by atoms with E-state index in [9.17, 15) is 15.0 Å². The lowest BCUT2D eigenvalue weighted by molar-refractivity contribution is -0.123. The Balaban J connectivity index is 3.42. The third kappa shape index (κ3) is 66.5. The predicted octanol–water partition coefficient (Wildman–Crippen LogP) is 24.4. The second-order valence-electron chi connectivity index (χ2n) is 24.3. The zero-order chi connectivity index (χ0) is 56.9. The first-order valence-electron chi connectivity index (χ1n) is 35.7. The lowest BCUT2D eigenvalue weighted by atomic mass is 10.0. The second kappa shape index (κ2) is 70.1. The Morgan fingerprint density at radius 2 is 0.557 bits per heavy atom. The van der Waals surface area contributed by atoms with Crippen LogP contribution in [-0.2, 0) is 4.79 Å². The molecule has 2 unspecified atom stereocenters. The van der Waals surface area contributed by atoms with Crippen molar-refractivity contribution in [2.24, 2.45) is 0 Å². The van der Waals surface area contributed by atoms with Crippen LogP contribution in [-0.4, -0.2) is 34.9 Å². The molecular weight excluding hydrogens is 963 g/mol. The summed E-state index contributed by atoms with van der Waals surface area (Å²) in [6.45, 7) is 4.23. The number of carbonyl (C=O) groups excluding carboxylic acids is 1. The van der Waals surface area contributed by atoms with Gasteiger partial charge in [-0.15, -0.1) is 0 Å². The number of allylic oxidation sites excluding steroid dienone is 11. The molecule has 0 fully saturated rings. The zero-order valence-electron chi connectivity index (χ0n) is 53.4. The number of aliphatic hydroxyl groups is 2. The number of hydrogen-bond acceptors (Lipinski definition) is 3. The SMILES string of the molecule is CC/C=C\C/C=C\C/C=C\C/C=C\C/C=C\CCCCCCCCCCCCCCCCCCCCCCCCCC(=O)NC(CO)C(O)/C=C/CCCCCCCCCCCCCCCCCCCCCCCCCCCC. The van der Waals surface area contributed by atoms with Gasteiger partial charge in [0.05, 0.1) is 18.8 Å². The zero-order valence-corrected chi connectivity index (χ0v) is 53.4. The number of nitrogens with one attached hydrogen (secondary N) is 1. The lowest BCUT2D eigenvalue weighted by Gasteiger charge is -2.20. The molecule has 2 atom stereocenters. The van der Waals surface area contributed by atoms with Crippen LogP contribution >= 0.6 is 0 Å². The van der Waals surface area contributed by atoms with Crippen molar-refractivity contribution in [2.45, 2.75) is 392 Å². The van der Waals surface area contributed by atoms with Gasteiger partial charge in [-0.1, -0.05) is 382 Å². The van der Waals surface area contributed by atoms with E-state index in [1.165, 1.54) is 302 Å². The quantitative estimate of drug-likeness (QED) is 0.0420. The molecule has 462 valence electrons. The molecule has 0 saturated carbocycles. The molecule has 0 spiro atoms. The van der Waals surface area contributed by atoms with Gasteiger partial charge in [0.15, 0.2) is 0 Å². The lowest BCUT2D eigenvalue weighted by Crippen LogP contribution is -2.45. The van der Waals surface area contributed by atoms with E-state index in [1.54, 1.807) is 6.08 Å². The molecule has 0 aromatic carbocycles. The Bertz CT molecular complexity index is 1340. The van der Waals surface area contributed by atoms with Crippen molar-refractivity contribution >= 4 is 5.91 Å². The Hall–Kier alpha value is -2.17. The Kier molecular flexibility index (Phi) is 68.2. The maximum absolute atomic E-state index is 12.5. The van der Waals surface area contributed by atoms with Gasteiger partial charge in [-0.3, -0.25) is 4.79 Å². The van der Waals surface area contributed by atoms with Crippen molar-refractivity contribution in [3.8, 4) is 0 Å². The van der Waals surface area contributed by atoms with Gasteiger partial charge in [0.25, 0.3) is 0 Å². The molecule has 0 aromatic rings. The Morgan fingerprint density at radius 3 is 0.835 bits per heavy atom. The molecule has 0 aliphatic rings. The largest absolute Gasteiger partial charge is 0.394 e. The van der Waals surface area contributed by atoms with E-state index >= 15 is 0 Å². The van der Waals surface area contributed by atoms with Crippen molar-refractivity contribution in [1.82, 2.24) is 5.32 Å². The van der Waals surface area contributed by atoms with E-state index in [4.69, 9.17) is 0 Å². The Labute approximate surface area is 495 Å². The maximum atomic E-state index is 12.5. The summed E-state index contributed by atoms with van der Waals surface area (Å²) < 4.78 is 0. The molecule has 0 bridgehead atoms. The van der Waals surface area contributed by atoms with Gasteiger partial charge in [0.1, 0.15) is 0 Å². The monoisotopic (exact) mass is 1100 g/mol. The predicted molar refractivity (Wildman–Crippen MR) is 354 cm³/mol. The van der Waals surface area contributed by atoms with Crippen molar-refractivity contribution in [3.63, 3.8) is 0 Å². The van der Waals surface area contributed by atoms with Crippen molar-refractivity contribution in [1.29, 1.82) is 0 Å². The van der Waals surface area contributed by atoms with E-state index in [0.29, 0.717) is 6.42 Å². The minimum atomic E-state index is -0.841. The summed E-state index contributed by atoms with van der Waals surface area (Å²) in [5, 5.41) is 23.3. The van der Waals surface area contributed by atoms with E-state index < -0.39 is 12.1 Å². The minimum absolute atomic E-state index is 0.0570.